The molecule has 0 amide bonds. The minimum atomic E-state index is 0.594. The van der Waals surface area contributed by atoms with Gasteiger partial charge in [-0.2, -0.15) is 10.4 Å². The molecule has 1 aliphatic heterocycles. The molecule has 0 aliphatic carbocycles. The molecule has 0 aromatic carbocycles. The van der Waals surface area contributed by atoms with Crippen molar-refractivity contribution in [3.05, 3.63) is 58.7 Å². The fourth-order valence-electron chi connectivity index (χ4n) is 3.98. The summed E-state index contributed by atoms with van der Waals surface area (Å²) in [6.07, 6.45) is 5.52. The van der Waals surface area contributed by atoms with E-state index in [1.165, 1.54) is 5.56 Å². The standard InChI is InChI=1S/C24H29N7/c1-16(2)5-8-31-23(10-18(4)29-31)28-21-11-20-15-30(7-6-22(20)26-14-21)24-17(3)9-19(12-25)13-27-24/h9-11,13-14,16,28H,5-8,15H2,1-4H3. The zero-order chi connectivity index (χ0) is 22.0. The first-order valence-corrected chi connectivity index (χ1v) is 10.8. The number of fused-ring (bicyclic) bond motifs is 1. The summed E-state index contributed by atoms with van der Waals surface area (Å²) in [5.74, 6) is 2.57. The van der Waals surface area contributed by atoms with Crippen LogP contribution < -0.4 is 10.2 Å². The van der Waals surface area contributed by atoms with Crippen LogP contribution in [0.15, 0.2) is 30.6 Å². The highest BCUT2D eigenvalue weighted by atomic mass is 15.3. The Bertz CT molecular complexity index is 1120. The lowest BCUT2D eigenvalue weighted by Gasteiger charge is -2.30. The number of hydrogen-bond acceptors (Lipinski definition) is 6. The summed E-state index contributed by atoms with van der Waals surface area (Å²) in [5, 5.41) is 17.3. The van der Waals surface area contributed by atoms with Gasteiger partial charge in [-0.25, -0.2) is 9.67 Å². The second kappa shape index (κ2) is 8.76. The van der Waals surface area contributed by atoms with Crippen molar-refractivity contribution < 1.29 is 0 Å². The van der Waals surface area contributed by atoms with Crippen LogP contribution in [0.25, 0.3) is 0 Å². The Kier molecular flexibility index (Phi) is 5.90. The first kappa shape index (κ1) is 20.9. The van der Waals surface area contributed by atoms with E-state index in [4.69, 9.17) is 10.2 Å². The number of pyridine rings is 2. The van der Waals surface area contributed by atoms with Crippen molar-refractivity contribution >= 4 is 17.3 Å². The second-order valence-electron chi connectivity index (χ2n) is 8.68. The molecular weight excluding hydrogens is 386 g/mol. The van der Waals surface area contributed by atoms with Crippen LogP contribution in [0.1, 0.15) is 48.3 Å². The Morgan fingerprint density at radius 2 is 2.00 bits per heavy atom. The highest BCUT2D eigenvalue weighted by Gasteiger charge is 2.21. The van der Waals surface area contributed by atoms with Crippen LogP contribution in [-0.4, -0.2) is 26.3 Å². The van der Waals surface area contributed by atoms with Crippen LogP contribution in [0.2, 0.25) is 0 Å². The minimum absolute atomic E-state index is 0.594. The van der Waals surface area contributed by atoms with E-state index in [1.807, 2.05) is 30.8 Å². The van der Waals surface area contributed by atoms with Gasteiger partial charge in [-0.05, 0) is 49.4 Å². The number of rotatable bonds is 6. The van der Waals surface area contributed by atoms with Gasteiger partial charge >= 0.3 is 0 Å². The van der Waals surface area contributed by atoms with E-state index in [-0.39, 0.29) is 0 Å². The van der Waals surface area contributed by atoms with Crippen LogP contribution in [-0.2, 0) is 19.5 Å². The number of nitrogens with zero attached hydrogens (tertiary/aromatic N) is 6. The third-order valence-corrected chi connectivity index (χ3v) is 5.61. The molecule has 0 saturated carbocycles. The summed E-state index contributed by atoms with van der Waals surface area (Å²) in [7, 11) is 0. The summed E-state index contributed by atoms with van der Waals surface area (Å²) in [4.78, 5) is 11.5. The van der Waals surface area contributed by atoms with Gasteiger partial charge in [0, 0.05) is 44.0 Å². The van der Waals surface area contributed by atoms with E-state index in [1.54, 1.807) is 6.20 Å². The van der Waals surface area contributed by atoms with Crippen molar-refractivity contribution in [1.29, 1.82) is 5.26 Å². The topological polar surface area (TPSA) is 82.7 Å². The maximum Gasteiger partial charge on any atom is 0.131 e. The van der Waals surface area contributed by atoms with Gasteiger partial charge in [-0.3, -0.25) is 4.98 Å². The van der Waals surface area contributed by atoms with E-state index in [2.05, 4.69) is 52.3 Å². The first-order valence-electron chi connectivity index (χ1n) is 10.8. The van der Waals surface area contributed by atoms with Gasteiger partial charge in [0.05, 0.1) is 23.1 Å². The average molecular weight is 416 g/mol. The Morgan fingerprint density at radius 3 is 2.74 bits per heavy atom. The highest BCUT2D eigenvalue weighted by Crippen LogP contribution is 2.27. The third kappa shape index (κ3) is 4.69. The molecule has 7 nitrogen and oxygen atoms in total. The van der Waals surface area contributed by atoms with Gasteiger partial charge in [0.2, 0.25) is 0 Å². The third-order valence-electron chi connectivity index (χ3n) is 5.61. The lowest BCUT2D eigenvalue weighted by molar-refractivity contribution is 0.489. The van der Waals surface area contributed by atoms with Crippen LogP contribution in [0, 0.1) is 31.1 Å². The van der Waals surface area contributed by atoms with Crippen LogP contribution >= 0.6 is 0 Å². The lowest BCUT2D eigenvalue weighted by Crippen LogP contribution is -2.32. The largest absolute Gasteiger partial charge is 0.352 e. The van der Waals surface area contributed by atoms with Crippen molar-refractivity contribution in [3.8, 4) is 6.07 Å². The van der Waals surface area contributed by atoms with Crippen molar-refractivity contribution in [3.63, 3.8) is 0 Å². The molecule has 0 radical (unpaired) electrons. The van der Waals surface area contributed by atoms with Gasteiger partial charge in [0.15, 0.2) is 0 Å². The molecule has 3 aromatic heterocycles. The zero-order valence-electron chi connectivity index (χ0n) is 18.7. The van der Waals surface area contributed by atoms with Crippen LogP contribution in [0.3, 0.4) is 0 Å². The molecule has 4 rings (SSSR count). The smallest absolute Gasteiger partial charge is 0.131 e. The fourth-order valence-corrected chi connectivity index (χ4v) is 3.98. The van der Waals surface area contributed by atoms with E-state index < -0.39 is 0 Å². The van der Waals surface area contributed by atoms with Crippen molar-refractivity contribution in [2.24, 2.45) is 5.92 Å². The molecular formula is C24H29N7. The summed E-state index contributed by atoms with van der Waals surface area (Å²) in [6, 6.07) is 8.32. The quantitative estimate of drug-likeness (QED) is 0.638. The summed E-state index contributed by atoms with van der Waals surface area (Å²) in [5.41, 5.74) is 5.93. The maximum absolute atomic E-state index is 9.10. The predicted molar refractivity (Wildman–Crippen MR) is 122 cm³/mol. The van der Waals surface area contributed by atoms with E-state index >= 15 is 0 Å². The first-order chi connectivity index (χ1) is 14.9. The molecule has 0 bridgehead atoms. The molecule has 0 atom stereocenters. The number of aryl methyl sites for hydroxylation is 3. The highest BCUT2D eigenvalue weighted by molar-refractivity contribution is 5.59. The average Bonchev–Trinajstić information content (AvgIpc) is 3.10. The number of nitrogens with one attached hydrogen (secondary N) is 1. The Labute approximate surface area is 183 Å². The van der Waals surface area contributed by atoms with Crippen LogP contribution in [0.5, 0.6) is 0 Å². The van der Waals surface area contributed by atoms with Gasteiger partial charge < -0.3 is 10.2 Å². The molecule has 0 fully saturated rings. The Morgan fingerprint density at radius 1 is 1.16 bits per heavy atom. The summed E-state index contributed by atoms with van der Waals surface area (Å²) < 4.78 is 2.05. The van der Waals surface area contributed by atoms with E-state index in [9.17, 15) is 0 Å². The molecule has 7 heteroatoms. The van der Waals surface area contributed by atoms with Crippen molar-refractivity contribution in [2.45, 2.75) is 53.6 Å². The summed E-state index contributed by atoms with van der Waals surface area (Å²) >= 11 is 0. The van der Waals surface area contributed by atoms with E-state index in [0.717, 1.165) is 66.8 Å². The monoisotopic (exact) mass is 415 g/mol. The predicted octanol–water partition coefficient (Wildman–Crippen LogP) is 4.51. The fraction of sp³-hybridized carbons (Fsp3) is 0.417. The molecule has 0 saturated heterocycles. The molecule has 3 aromatic rings. The maximum atomic E-state index is 9.10. The van der Waals surface area contributed by atoms with Crippen molar-refractivity contribution in [2.75, 3.05) is 16.8 Å². The van der Waals surface area contributed by atoms with Crippen molar-refractivity contribution in [1.82, 2.24) is 19.7 Å². The second-order valence-corrected chi connectivity index (χ2v) is 8.68. The van der Waals surface area contributed by atoms with E-state index in [0.29, 0.717) is 11.5 Å². The molecule has 31 heavy (non-hydrogen) atoms. The molecule has 1 aliphatic rings. The minimum Gasteiger partial charge on any atom is -0.352 e. The lowest BCUT2D eigenvalue weighted by atomic mass is 10.0. The molecule has 0 spiro atoms. The number of anilines is 3. The Balaban J connectivity index is 1.54. The molecule has 160 valence electrons. The molecule has 4 heterocycles. The number of aromatic nitrogens is 4. The normalized spacial score (nSPS) is 13.2. The molecule has 1 N–H and O–H groups in total. The van der Waals surface area contributed by atoms with Gasteiger partial charge in [-0.15, -0.1) is 0 Å². The SMILES string of the molecule is Cc1cc(Nc2cnc3c(c2)CN(c2ncc(C#N)cc2C)CC3)n(CCC(C)C)n1. The number of hydrogen-bond donors (Lipinski definition) is 1. The van der Waals surface area contributed by atoms with Gasteiger partial charge in [-0.1, -0.05) is 13.8 Å². The molecule has 0 unspecified atom stereocenters. The van der Waals surface area contributed by atoms with Crippen LogP contribution in [0.4, 0.5) is 17.3 Å². The van der Waals surface area contributed by atoms with Gasteiger partial charge in [0.1, 0.15) is 17.7 Å². The zero-order valence-corrected chi connectivity index (χ0v) is 18.7. The number of nitriles is 1. The Hall–Kier alpha value is -3.40. The van der Waals surface area contributed by atoms with Gasteiger partial charge in [0.25, 0.3) is 0 Å². The summed E-state index contributed by atoms with van der Waals surface area (Å²) in [6.45, 7) is 11.0.